The van der Waals surface area contributed by atoms with Gasteiger partial charge in [0.15, 0.2) is 0 Å². The third-order valence-electron chi connectivity index (χ3n) is 4.10. The maximum atomic E-state index is 12.4. The Balaban J connectivity index is 1.93. The number of hydrogen-bond donors (Lipinski definition) is 1. The molecule has 25 heavy (non-hydrogen) atoms. The number of amides is 1. The number of nitrogens with zero attached hydrogens (tertiary/aromatic N) is 1. The lowest BCUT2D eigenvalue weighted by molar-refractivity contribution is -0.142. The highest BCUT2D eigenvalue weighted by molar-refractivity contribution is 7.88. The van der Waals surface area contributed by atoms with Crippen LogP contribution in [0.2, 0.25) is 0 Å². The van der Waals surface area contributed by atoms with Crippen molar-refractivity contribution in [3.05, 3.63) is 29.8 Å². The van der Waals surface area contributed by atoms with Gasteiger partial charge in [0, 0.05) is 18.8 Å². The SMILES string of the molecule is CCOC(=O)Cc1ccc(NC(=O)C2CCCN(S(C)(=O)=O)C2)cc1. The molecule has 1 heterocycles. The highest BCUT2D eigenvalue weighted by atomic mass is 32.2. The minimum atomic E-state index is -3.28. The molecule has 138 valence electrons. The number of carbonyl (C=O) groups excluding carboxylic acids is 2. The van der Waals surface area contributed by atoms with Crippen LogP contribution in [0.25, 0.3) is 0 Å². The molecule has 0 aliphatic carbocycles. The molecular weight excluding hydrogens is 344 g/mol. The number of esters is 1. The van der Waals surface area contributed by atoms with Crippen LogP contribution >= 0.6 is 0 Å². The van der Waals surface area contributed by atoms with E-state index in [2.05, 4.69) is 5.32 Å². The summed E-state index contributed by atoms with van der Waals surface area (Å²) in [6.45, 7) is 2.78. The molecule has 1 aromatic carbocycles. The van der Waals surface area contributed by atoms with Gasteiger partial charge in [-0.1, -0.05) is 12.1 Å². The minimum absolute atomic E-state index is 0.188. The first-order chi connectivity index (χ1) is 11.8. The van der Waals surface area contributed by atoms with Crippen LogP contribution in [0.4, 0.5) is 5.69 Å². The molecule has 8 heteroatoms. The van der Waals surface area contributed by atoms with E-state index in [0.29, 0.717) is 31.7 Å². The molecule has 1 aromatic rings. The van der Waals surface area contributed by atoms with Gasteiger partial charge in [0.2, 0.25) is 15.9 Å². The van der Waals surface area contributed by atoms with Crippen LogP contribution in [0.5, 0.6) is 0 Å². The molecule has 1 amide bonds. The van der Waals surface area contributed by atoms with E-state index in [4.69, 9.17) is 4.74 Å². The van der Waals surface area contributed by atoms with Crippen LogP contribution in [0, 0.1) is 5.92 Å². The van der Waals surface area contributed by atoms with Crippen LogP contribution in [0.1, 0.15) is 25.3 Å². The Bertz CT molecular complexity index is 715. The molecular formula is C17H24N2O5S. The van der Waals surface area contributed by atoms with Crippen molar-refractivity contribution in [1.82, 2.24) is 4.31 Å². The summed E-state index contributed by atoms with van der Waals surface area (Å²) in [6.07, 6.45) is 2.69. The summed E-state index contributed by atoms with van der Waals surface area (Å²) in [5, 5.41) is 2.81. The van der Waals surface area contributed by atoms with Gasteiger partial charge >= 0.3 is 5.97 Å². The van der Waals surface area contributed by atoms with Crippen molar-refractivity contribution in [2.24, 2.45) is 5.92 Å². The van der Waals surface area contributed by atoms with E-state index in [9.17, 15) is 18.0 Å². The maximum absolute atomic E-state index is 12.4. The van der Waals surface area contributed by atoms with Gasteiger partial charge in [-0.25, -0.2) is 12.7 Å². The summed E-state index contributed by atoms with van der Waals surface area (Å²) in [7, 11) is -3.28. The van der Waals surface area contributed by atoms with Crippen molar-refractivity contribution in [2.45, 2.75) is 26.2 Å². The standard InChI is InChI=1S/C17H24N2O5S/c1-3-24-16(20)11-13-6-8-15(9-7-13)18-17(21)14-5-4-10-19(12-14)25(2,22)23/h6-9,14H,3-5,10-12H2,1-2H3,(H,18,21). The summed E-state index contributed by atoms with van der Waals surface area (Å²) in [6, 6.07) is 6.97. The average molecular weight is 368 g/mol. The molecule has 1 unspecified atom stereocenters. The fraction of sp³-hybridized carbons (Fsp3) is 0.529. The van der Waals surface area contributed by atoms with Gasteiger partial charge in [-0.2, -0.15) is 0 Å². The van der Waals surface area contributed by atoms with Crippen molar-refractivity contribution in [2.75, 3.05) is 31.3 Å². The molecule has 0 aromatic heterocycles. The Labute approximate surface area is 148 Å². The van der Waals surface area contributed by atoms with Gasteiger partial charge in [0.1, 0.15) is 0 Å². The Hall–Kier alpha value is -1.93. The van der Waals surface area contributed by atoms with Gasteiger partial charge in [-0.3, -0.25) is 9.59 Å². The average Bonchev–Trinajstić information content (AvgIpc) is 2.56. The van der Waals surface area contributed by atoms with E-state index in [0.717, 1.165) is 11.8 Å². The van der Waals surface area contributed by atoms with Crippen LogP contribution in [0.15, 0.2) is 24.3 Å². The normalized spacial score (nSPS) is 18.6. The second-order valence-corrected chi connectivity index (χ2v) is 8.11. The smallest absolute Gasteiger partial charge is 0.310 e. The van der Waals surface area contributed by atoms with E-state index >= 15 is 0 Å². The van der Waals surface area contributed by atoms with Gasteiger partial charge in [-0.15, -0.1) is 0 Å². The highest BCUT2D eigenvalue weighted by Crippen LogP contribution is 2.21. The molecule has 1 saturated heterocycles. The predicted molar refractivity (Wildman–Crippen MR) is 94.5 cm³/mol. The van der Waals surface area contributed by atoms with E-state index in [1.807, 2.05) is 0 Å². The Morgan fingerprint density at radius 1 is 1.28 bits per heavy atom. The monoisotopic (exact) mass is 368 g/mol. The number of piperidine rings is 1. The Morgan fingerprint density at radius 3 is 2.56 bits per heavy atom. The molecule has 0 bridgehead atoms. The zero-order chi connectivity index (χ0) is 18.4. The van der Waals surface area contributed by atoms with E-state index in [-0.39, 0.29) is 30.8 Å². The van der Waals surface area contributed by atoms with Crippen LogP contribution in [0.3, 0.4) is 0 Å². The van der Waals surface area contributed by atoms with Crippen molar-refractivity contribution < 1.29 is 22.7 Å². The molecule has 0 radical (unpaired) electrons. The lowest BCUT2D eigenvalue weighted by Gasteiger charge is -2.30. The summed E-state index contributed by atoms with van der Waals surface area (Å²) in [5.74, 6) is -0.837. The fourth-order valence-electron chi connectivity index (χ4n) is 2.79. The first kappa shape index (κ1) is 19.4. The molecule has 1 N–H and O–H groups in total. The molecule has 1 atom stereocenters. The van der Waals surface area contributed by atoms with Gasteiger partial charge in [0.25, 0.3) is 0 Å². The van der Waals surface area contributed by atoms with Crippen LogP contribution in [-0.2, 0) is 30.8 Å². The predicted octanol–water partition coefficient (Wildman–Crippen LogP) is 1.40. The van der Waals surface area contributed by atoms with E-state index < -0.39 is 10.0 Å². The first-order valence-electron chi connectivity index (χ1n) is 8.30. The van der Waals surface area contributed by atoms with Crippen LogP contribution in [-0.4, -0.2) is 50.6 Å². The highest BCUT2D eigenvalue weighted by Gasteiger charge is 2.30. The lowest BCUT2D eigenvalue weighted by Crippen LogP contribution is -2.43. The summed E-state index contributed by atoms with van der Waals surface area (Å²) >= 11 is 0. The third-order valence-corrected chi connectivity index (χ3v) is 5.37. The number of anilines is 1. The van der Waals surface area contributed by atoms with Crippen molar-refractivity contribution in [3.8, 4) is 0 Å². The number of benzene rings is 1. The quantitative estimate of drug-likeness (QED) is 0.766. The molecule has 1 aliphatic rings. The summed E-state index contributed by atoms with van der Waals surface area (Å²) in [4.78, 5) is 23.8. The topological polar surface area (TPSA) is 92.8 Å². The molecule has 2 rings (SSSR count). The number of carbonyl (C=O) groups is 2. The second kappa shape index (κ2) is 8.44. The largest absolute Gasteiger partial charge is 0.466 e. The third kappa shape index (κ3) is 5.82. The number of hydrogen-bond acceptors (Lipinski definition) is 5. The minimum Gasteiger partial charge on any atom is -0.466 e. The van der Waals surface area contributed by atoms with Crippen molar-refractivity contribution >= 4 is 27.6 Å². The number of sulfonamides is 1. The number of ether oxygens (including phenoxy) is 1. The number of rotatable bonds is 6. The summed E-state index contributed by atoms with van der Waals surface area (Å²) in [5.41, 5.74) is 1.42. The molecule has 0 spiro atoms. The van der Waals surface area contributed by atoms with E-state index in [1.165, 1.54) is 4.31 Å². The number of nitrogens with one attached hydrogen (secondary N) is 1. The Kier molecular flexibility index (Phi) is 6.55. The molecule has 0 saturated carbocycles. The van der Waals surface area contributed by atoms with Gasteiger partial charge in [0.05, 0.1) is 25.2 Å². The summed E-state index contributed by atoms with van der Waals surface area (Å²) < 4.78 is 29.5. The maximum Gasteiger partial charge on any atom is 0.310 e. The first-order valence-corrected chi connectivity index (χ1v) is 10.1. The zero-order valence-electron chi connectivity index (χ0n) is 14.5. The zero-order valence-corrected chi connectivity index (χ0v) is 15.3. The van der Waals surface area contributed by atoms with Crippen molar-refractivity contribution in [3.63, 3.8) is 0 Å². The second-order valence-electron chi connectivity index (χ2n) is 6.13. The fourth-order valence-corrected chi connectivity index (χ4v) is 3.70. The van der Waals surface area contributed by atoms with Gasteiger partial charge in [-0.05, 0) is 37.5 Å². The molecule has 1 fully saturated rings. The van der Waals surface area contributed by atoms with E-state index in [1.54, 1.807) is 31.2 Å². The molecule has 1 aliphatic heterocycles. The van der Waals surface area contributed by atoms with Crippen LogP contribution < -0.4 is 5.32 Å². The molecule has 7 nitrogen and oxygen atoms in total. The lowest BCUT2D eigenvalue weighted by atomic mass is 9.98. The van der Waals surface area contributed by atoms with Crippen molar-refractivity contribution in [1.29, 1.82) is 0 Å². The van der Waals surface area contributed by atoms with Gasteiger partial charge < -0.3 is 10.1 Å². The Morgan fingerprint density at radius 2 is 1.96 bits per heavy atom.